The molecule has 15 heavy (non-hydrogen) atoms. The molecular weight excluding hydrogens is 216 g/mol. The number of amides is 3. The molecule has 0 atom stereocenters. The number of carbonyl (C=O) groups is 2. The monoisotopic (exact) mass is 234 g/mol. The van der Waals surface area contributed by atoms with Gasteiger partial charge >= 0.3 is 6.03 Å². The first-order valence-electron chi connectivity index (χ1n) is 4.82. The number of hydrogen-bond acceptors (Lipinski definition) is 4. The summed E-state index contributed by atoms with van der Waals surface area (Å²) in [4.78, 5) is 22.2. The summed E-state index contributed by atoms with van der Waals surface area (Å²) in [7, 11) is 0. The van der Waals surface area contributed by atoms with E-state index in [0.29, 0.717) is 18.2 Å². The molecule has 0 heterocycles. The largest absolute Gasteiger partial charge is 0.396 e. The van der Waals surface area contributed by atoms with Crippen molar-refractivity contribution < 1.29 is 14.7 Å². The topological polar surface area (TPSA) is 78.4 Å². The van der Waals surface area contributed by atoms with Crippen LogP contribution in [0.15, 0.2) is 0 Å². The summed E-state index contributed by atoms with van der Waals surface area (Å²) in [5.41, 5.74) is 0. The quantitative estimate of drug-likeness (QED) is 0.573. The van der Waals surface area contributed by atoms with Gasteiger partial charge in [-0.25, -0.2) is 4.79 Å². The summed E-state index contributed by atoms with van der Waals surface area (Å²) in [6.45, 7) is 4.53. The number of aliphatic hydroxyl groups is 1. The molecule has 0 saturated heterocycles. The van der Waals surface area contributed by atoms with Crippen molar-refractivity contribution in [3.05, 3.63) is 0 Å². The van der Waals surface area contributed by atoms with Gasteiger partial charge in [0.15, 0.2) is 0 Å². The predicted molar refractivity (Wildman–Crippen MR) is 60.8 cm³/mol. The molecule has 0 fully saturated rings. The van der Waals surface area contributed by atoms with E-state index in [9.17, 15) is 9.59 Å². The number of nitrogens with one attached hydrogen (secondary N) is 2. The van der Waals surface area contributed by atoms with E-state index in [1.165, 1.54) is 11.8 Å². The van der Waals surface area contributed by atoms with Gasteiger partial charge in [0.25, 0.3) is 0 Å². The summed E-state index contributed by atoms with van der Waals surface area (Å²) in [5, 5.41) is 13.3. The van der Waals surface area contributed by atoms with Gasteiger partial charge in [-0.3, -0.25) is 10.1 Å². The minimum Gasteiger partial charge on any atom is -0.396 e. The average Bonchev–Trinajstić information content (AvgIpc) is 2.15. The number of hydrogen-bond donors (Lipinski definition) is 3. The van der Waals surface area contributed by atoms with Crippen LogP contribution >= 0.6 is 11.8 Å². The van der Waals surface area contributed by atoms with Gasteiger partial charge in [0.05, 0.1) is 12.4 Å². The smallest absolute Gasteiger partial charge is 0.321 e. The number of carbonyl (C=O) groups excluding carboxylic acids is 2. The Morgan fingerprint density at radius 3 is 2.60 bits per heavy atom. The van der Waals surface area contributed by atoms with Gasteiger partial charge in [-0.05, 0) is 5.92 Å². The highest BCUT2D eigenvalue weighted by Gasteiger charge is 2.07. The second kappa shape index (κ2) is 8.55. The Morgan fingerprint density at radius 1 is 1.40 bits per heavy atom. The Bertz CT molecular complexity index is 210. The van der Waals surface area contributed by atoms with Gasteiger partial charge in [0, 0.05) is 12.3 Å². The van der Waals surface area contributed by atoms with E-state index in [1.54, 1.807) is 0 Å². The summed E-state index contributed by atoms with van der Waals surface area (Å²) in [6, 6.07) is -0.460. The summed E-state index contributed by atoms with van der Waals surface area (Å²) >= 11 is 1.29. The molecule has 0 rings (SSSR count). The van der Waals surface area contributed by atoms with Crippen LogP contribution in [-0.2, 0) is 4.79 Å². The van der Waals surface area contributed by atoms with Crippen molar-refractivity contribution in [2.45, 2.75) is 13.8 Å². The normalized spacial score (nSPS) is 10.1. The van der Waals surface area contributed by atoms with Crippen molar-refractivity contribution in [1.82, 2.24) is 10.6 Å². The zero-order valence-corrected chi connectivity index (χ0v) is 9.89. The van der Waals surface area contributed by atoms with Gasteiger partial charge in [0.2, 0.25) is 5.91 Å². The van der Waals surface area contributed by atoms with Crippen LogP contribution in [0.25, 0.3) is 0 Å². The Balaban J connectivity index is 3.53. The molecule has 0 aromatic rings. The molecule has 88 valence electrons. The predicted octanol–water partition coefficient (Wildman–Crippen LogP) is 0.194. The molecule has 0 aliphatic rings. The highest BCUT2D eigenvalue weighted by Crippen LogP contribution is 1.96. The maximum absolute atomic E-state index is 11.1. The zero-order chi connectivity index (χ0) is 11.7. The Morgan fingerprint density at radius 2 is 2.07 bits per heavy atom. The van der Waals surface area contributed by atoms with E-state index in [0.717, 1.165) is 0 Å². The Hall–Kier alpha value is -0.750. The SMILES string of the molecule is CC(C)CNC(=O)NC(=O)CSCCO. The van der Waals surface area contributed by atoms with Crippen LogP contribution < -0.4 is 10.6 Å². The van der Waals surface area contributed by atoms with E-state index in [-0.39, 0.29) is 18.3 Å². The fourth-order valence-electron chi connectivity index (χ4n) is 0.733. The molecule has 0 aromatic carbocycles. The molecule has 6 heteroatoms. The Labute approximate surface area is 94.0 Å². The number of thioether (sulfide) groups is 1. The van der Waals surface area contributed by atoms with E-state index in [1.807, 2.05) is 13.8 Å². The minimum absolute atomic E-state index is 0.0392. The molecule has 0 aliphatic carbocycles. The third-order valence-corrected chi connectivity index (χ3v) is 2.33. The van der Waals surface area contributed by atoms with Gasteiger partial charge in [0.1, 0.15) is 0 Å². The number of imide groups is 1. The van der Waals surface area contributed by atoms with Crippen LogP contribution in [0.1, 0.15) is 13.8 Å². The third-order valence-electron chi connectivity index (χ3n) is 1.39. The zero-order valence-electron chi connectivity index (χ0n) is 9.08. The molecule has 0 bridgehead atoms. The molecule has 0 aromatic heterocycles. The fraction of sp³-hybridized carbons (Fsp3) is 0.778. The minimum atomic E-state index is -0.460. The van der Waals surface area contributed by atoms with Crippen LogP contribution in [0.5, 0.6) is 0 Å². The second-order valence-corrected chi connectivity index (χ2v) is 4.53. The van der Waals surface area contributed by atoms with Gasteiger partial charge in [-0.1, -0.05) is 13.8 Å². The molecule has 5 nitrogen and oxygen atoms in total. The number of urea groups is 1. The van der Waals surface area contributed by atoms with Crippen molar-refractivity contribution in [2.75, 3.05) is 24.7 Å². The van der Waals surface area contributed by atoms with Crippen LogP contribution in [0.3, 0.4) is 0 Å². The third kappa shape index (κ3) is 9.55. The van der Waals surface area contributed by atoms with Gasteiger partial charge < -0.3 is 10.4 Å². The average molecular weight is 234 g/mol. The molecule has 0 saturated carbocycles. The molecule has 3 amide bonds. The molecule has 0 aliphatic heterocycles. The van der Waals surface area contributed by atoms with E-state index >= 15 is 0 Å². The van der Waals surface area contributed by atoms with Crippen molar-refractivity contribution in [1.29, 1.82) is 0 Å². The maximum Gasteiger partial charge on any atom is 0.321 e. The maximum atomic E-state index is 11.1. The van der Waals surface area contributed by atoms with Crippen LogP contribution in [0.4, 0.5) is 4.79 Å². The van der Waals surface area contributed by atoms with Crippen LogP contribution in [0.2, 0.25) is 0 Å². The summed E-state index contributed by atoms with van der Waals surface area (Å²) in [6.07, 6.45) is 0. The first-order chi connectivity index (χ1) is 7.06. The van der Waals surface area contributed by atoms with Crippen molar-refractivity contribution in [2.24, 2.45) is 5.92 Å². The lowest BCUT2D eigenvalue weighted by Crippen LogP contribution is -2.41. The van der Waals surface area contributed by atoms with Crippen molar-refractivity contribution in [3.8, 4) is 0 Å². The highest BCUT2D eigenvalue weighted by molar-refractivity contribution is 7.99. The first-order valence-corrected chi connectivity index (χ1v) is 5.98. The second-order valence-electron chi connectivity index (χ2n) is 3.43. The van der Waals surface area contributed by atoms with Gasteiger partial charge in [-0.2, -0.15) is 0 Å². The van der Waals surface area contributed by atoms with E-state index in [2.05, 4.69) is 10.6 Å². The lowest BCUT2D eigenvalue weighted by molar-refractivity contribution is -0.117. The van der Waals surface area contributed by atoms with Crippen molar-refractivity contribution in [3.63, 3.8) is 0 Å². The van der Waals surface area contributed by atoms with E-state index < -0.39 is 6.03 Å². The van der Waals surface area contributed by atoms with Crippen LogP contribution in [0, 0.1) is 5.92 Å². The molecular formula is C9H18N2O3S. The molecule has 0 spiro atoms. The lowest BCUT2D eigenvalue weighted by Gasteiger charge is -2.08. The van der Waals surface area contributed by atoms with E-state index in [4.69, 9.17) is 5.11 Å². The standard InChI is InChI=1S/C9H18N2O3S/c1-7(2)5-10-9(14)11-8(13)6-15-4-3-12/h7,12H,3-6H2,1-2H3,(H2,10,11,13,14). The molecule has 0 unspecified atom stereocenters. The fourth-order valence-corrected chi connectivity index (χ4v) is 1.26. The van der Waals surface area contributed by atoms with Crippen molar-refractivity contribution >= 4 is 23.7 Å². The van der Waals surface area contributed by atoms with Crippen LogP contribution in [-0.4, -0.2) is 41.7 Å². The summed E-state index contributed by atoms with van der Waals surface area (Å²) in [5.74, 6) is 0.709. The molecule has 0 radical (unpaired) electrons. The first kappa shape index (κ1) is 14.2. The molecule has 3 N–H and O–H groups in total. The number of aliphatic hydroxyl groups excluding tert-OH is 1. The lowest BCUT2D eigenvalue weighted by atomic mass is 10.2. The Kier molecular flexibility index (Phi) is 8.12. The summed E-state index contributed by atoms with van der Waals surface area (Å²) < 4.78 is 0. The van der Waals surface area contributed by atoms with Gasteiger partial charge in [-0.15, -0.1) is 11.8 Å². The highest BCUT2D eigenvalue weighted by atomic mass is 32.2. The number of rotatable bonds is 6.